The molecule has 2 unspecified atom stereocenters. The van der Waals surface area contributed by atoms with Crippen molar-refractivity contribution in [2.24, 2.45) is 0 Å². The zero-order chi connectivity index (χ0) is 12.7. The minimum atomic E-state index is -0.136. The molecule has 0 spiro atoms. The third-order valence-electron chi connectivity index (χ3n) is 4.13. The lowest BCUT2D eigenvalue weighted by atomic mass is 10.00. The van der Waals surface area contributed by atoms with Crippen molar-refractivity contribution in [1.82, 2.24) is 9.88 Å². The van der Waals surface area contributed by atoms with E-state index >= 15 is 0 Å². The summed E-state index contributed by atoms with van der Waals surface area (Å²) in [6, 6.07) is 4.47. The number of rotatable bonds is 2. The Morgan fingerprint density at radius 3 is 2.67 bits per heavy atom. The van der Waals surface area contributed by atoms with E-state index in [4.69, 9.17) is 17.3 Å². The zero-order valence-corrected chi connectivity index (χ0v) is 11.0. The van der Waals surface area contributed by atoms with Crippen LogP contribution in [-0.4, -0.2) is 33.2 Å². The molecule has 3 N–H and O–H groups in total. The Labute approximate surface area is 112 Å². The first-order chi connectivity index (χ1) is 8.63. The second kappa shape index (κ2) is 4.68. The van der Waals surface area contributed by atoms with Gasteiger partial charge in [-0.15, -0.1) is 0 Å². The normalized spacial score (nSPS) is 31.8. The number of hydrogen-bond donors (Lipinski definition) is 2. The van der Waals surface area contributed by atoms with Crippen LogP contribution in [0.15, 0.2) is 12.1 Å². The van der Waals surface area contributed by atoms with Crippen LogP contribution < -0.4 is 5.73 Å². The summed E-state index contributed by atoms with van der Waals surface area (Å²) >= 11 is 6.17. The van der Waals surface area contributed by atoms with Crippen LogP contribution in [0.2, 0.25) is 5.02 Å². The number of aliphatic hydroxyl groups is 1. The Kier molecular flexibility index (Phi) is 3.18. The first-order valence-corrected chi connectivity index (χ1v) is 6.86. The average Bonchev–Trinajstić information content (AvgIpc) is 2.57. The summed E-state index contributed by atoms with van der Waals surface area (Å²) in [5.74, 6) is 0.513. The maximum atomic E-state index is 9.78. The van der Waals surface area contributed by atoms with Crippen molar-refractivity contribution < 1.29 is 5.11 Å². The van der Waals surface area contributed by atoms with Gasteiger partial charge < -0.3 is 10.8 Å². The van der Waals surface area contributed by atoms with Gasteiger partial charge in [0.05, 0.1) is 16.8 Å². The molecule has 0 saturated carbocycles. The fraction of sp³-hybridized carbons (Fsp3) is 0.615. The minimum absolute atomic E-state index is 0.136. The molecule has 0 aliphatic carbocycles. The fourth-order valence-electron chi connectivity index (χ4n) is 3.29. The lowest BCUT2D eigenvalue weighted by molar-refractivity contribution is 0.0304. The highest BCUT2D eigenvalue weighted by Crippen LogP contribution is 2.37. The third kappa shape index (κ3) is 2.20. The van der Waals surface area contributed by atoms with Crippen LogP contribution in [0.25, 0.3) is 0 Å². The molecule has 0 amide bonds. The molecule has 5 heteroatoms. The van der Waals surface area contributed by atoms with Crippen LogP contribution >= 0.6 is 11.6 Å². The number of aliphatic hydroxyl groups excluding tert-OH is 1. The number of piperidine rings is 1. The number of nitrogen functional groups attached to an aromatic ring is 1. The van der Waals surface area contributed by atoms with E-state index in [1.54, 1.807) is 12.1 Å². The second-order valence-electron chi connectivity index (χ2n) is 5.35. The van der Waals surface area contributed by atoms with Gasteiger partial charge in [-0.2, -0.15) is 0 Å². The number of pyridine rings is 1. The van der Waals surface area contributed by atoms with Crippen LogP contribution in [0.1, 0.15) is 31.4 Å². The molecule has 2 fully saturated rings. The van der Waals surface area contributed by atoms with Crippen molar-refractivity contribution in [2.45, 2.75) is 50.4 Å². The minimum Gasteiger partial charge on any atom is -0.393 e. The van der Waals surface area contributed by atoms with Crippen LogP contribution in [-0.2, 0) is 6.54 Å². The Morgan fingerprint density at radius 1 is 1.33 bits per heavy atom. The Balaban J connectivity index is 1.79. The highest BCUT2D eigenvalue weighted by Gasteiger charge is 2.40. The number of nitrogens with zero attached hydrogens (tertiary/aromatic N) is 2. The van der Waals surface area contributed by atoms with E-state index in [-0.39, 0.29) is 6.10 Å². The molecule has 18 heavy (non-hydrogen) atoms. The monoisotopic (exact) mass is 267 g/mol. The van der Waals surface area contributed by atoms with E-state index in [1.165, 1.54) is 12.8 Å². The molecule has 2 saturated heterocycles. The quantitative estimate of drug-likeness (QED) is 0.858. The summed E-state index contributed by atoms with van der Waals surface area (Å²) in [4.78, 5) is 6.76. The summed E-state index contributed by atoms with van der Waals surface area (Å²) < 4.78 is 0. The smallest absolute Gasteiger partial charge is 0.123 e. The van der Waals surface area contributed by atoms with Gasteiger partial charge in [0.2, 0.25) is 0 Å². The number of anilines is 1. The predicted octanol–water partition coefficient (Wildman–Crippen LogP) is 1.80. The number of aromatic nitrogens is 1. The first kappa shape index (κ1) is 12.2. The van der Waals surface area contributed by atoms with Crippen LogP contribution in [0.5, 0.6) is 0 Å². The molecule has 2 bridgehead atoms. The Morgan fingerprint density at radius 2 is 2.00 bits per heavy atom. The molecular formula is C13H18ClN3O. The number of nitrogens with two attached hydrogens (primary N) is 1. The van der Waals surface area contributed by atoms with E-state index in [2.05, 4.69) is 9.88 Å². The van der Waals surface area contributed by atoms with Crippen molar-refractivity contribution >= 4 is 17.4 Å². The van der Waals surface area contributed by atoms with Crippen molar-refractivity contribution in [3.63, 3.8) is 0 Å². The largest absolute Gasteiger partial charge is 0.393 e. The highest BCUT2D eigenvalue weighted by molar-refractivity contribution is 6.31. The van der Waals surface area contributed by atoms with Crippen LogP contribution in [0.3, 0.4) is 0 Å². The molecule has 1 aromatic rings. The topological polar surface area (TPSA) is 62.4 Å². The number of fused-ring (bicyclic) bond motifs is 2. The van der Waals surface area contributed by atoms with Crippen LogP contribution in [0.4, 0.5) is 5.82 Å². The molecule has 2 aliphatic heterocycles. The predicted molar refractivity (Wildman–Crippen MR) is 71.3 cm³/mol. The van der Waals surface area contributed by atoms with Crippen molar-refractivity contribution in [3.05, 3.63) is 22.8 Å². The van der Waals surface area contributed by atoms with Crippen molar-refractivity contribution in [2.75, 3.05) is 5.73 Å². The van der Waals surface area contributed by atoms with Gasteiger partial charge >= 0.3 is 0 Å². The summed E-state index contributed by atoms with van der Waals surface area (Å²) in [5, 5.41) is 10.5. The Bertz CT molecular complexity index is 440. The van der Waals surface area contributed by atoms with Crippen LogP contribution in [0, 0.1) is 0 Å². The molecule has 2 atom stereocenters. The van der Waals surface area contributed by atoms with Gasteiger partial charge in [-0.25, -0.2) is 4.98 Å². The van der Waals surface area contributed by atoms with E-state index < -0.39 is 0 Å². The summed E-state index contributed by atoms with van der Waals surface area (Å²) in [7, 11) is 0. The van der Waals surface area contributed by atoms with Crippen molar-refractivity contribution in [3.8, 4) is 0 Å². The van der Waals surface area contributed by atoms with E-state index in [9.17, 15) is 5.11 Å². The summed E-state index contributed by atoms with van der Waals surface area (Å²) in [5.41, 5.74) is 6.56. The molecule has 1 aromatic heterocycles. The average molecular weight is 268 g/mol. The van der Waals surface area contributed by atoms with Gasteiger partial charge in [-0.05, 0) is 37.8 Å². The standard InChI is InChI=1S/C13H18ClN3O/c14-11-3-4-13(15)16-12(11)7-17-8-1-2-9(17)6-10(18)5-8/h3-4,8-10,18H,1-2,5-7H2,(H2,15,16). The van der Waals surface area contributed by atoms with Crippen molar-refractivity contribution in [1.29, 1.82) is 0 Å². The Hall–Kier alpha value is -0.840. The molecule has 3 rings (SSSR count). The van der Waals surface area contributed by atoms with Gasteiger partial charge in [-0.1, -0.05) is 11.6 Å². The third-order valence-corrected chi connectivity index (χ3v) is 4.48. The maximum Gasteiger partial charge on any atom is 0.123 e. The van der Waals surface area contributed by atoms with Gasteiger partial charge in [0.25, 0.3) is 0 Å². The molecule has 3 heterocycles. The number of hydrogen-bond acceptors (Lipinski definition) is 4. The molecule has 2 aliphatic rings. The van der Waals surface area contributed by atoms with Gasteiger partial charge in [0.15, 0.2) is 0 Å². The lowest BCUT2D eigenvalue weighted by Crippen LogP contribution is -2.44. The number of halogens is 1. The SMILES string of the molecule is Nc1ccc(Cl)c(CN2C3CCC2CC(O)C3)n1. The van der Waals surface area contributed by atoms with E-state index in [0.29, 0.717) is 22.9 Å². The van der Waals surface area contributed by atoms with Gasteiger partial charge in [-0.3, -0.25) is 4.90 Å². The van der Waals surface area contributed by atoms with Gasteiger partial charge in [0, 0.05) is 18.6 Å². The highest BCUT2D eigenvalue weighted by atomic mass is 35.5. The maximum absolute atomic E-state index is 9.78. The summed E-state index contributed by atoms with van der Waals surface area (Å²) in [6.07, 6.45) is 3.94. The summed E-state index contributed by atoms with van der Waals surface area (Å²) in [6.45, 7) is 0.742. The van der Waals surface area contributed by atoms with Gasteiger partial charge in [0.1, 0.15) is 5.82 Å². The molecule has 0 radical (unpaired) electrons. The molecular weight excluding hydrogens is 250 g/mol. The molecule has 4 nitrogen and oxygen atoms in total. The van der Waals surface area contributed by atoms with E-state index in [0.717, 1.165) is 25.1 Å². The first-order valence-electron chi connectivity index (χ1n) is 6.48. The fourth-order valence-corrected chi connectivity index (χ4v) is 3.45. The molecule has 0 aromatic carbocycles. The zero-order valence-electron chi connectivity index (χ0n) is 10.2. The lowest BCUT2D eigenvalue weighted by Gasteiger charge is -2.37. The van der Waals surface area contributed by atoms with E-state index in [1.807, 2.05) is 0 Å². The second-order valence-corrected chi connectivity index (χ2v) is 5.75. The molecule has 98 valence electrons.